The highest BCUT2D eigenvalue weighted by molar-refractivity contribution is 5.96. The molecule has 2 aliphatic rings. The molecule has 13 aromatic rings. The fourth-order valence-electron chi connectivity index (χ4n) is 13.5. The van der Waals surface area contributed by atoms with E-state index in [4.69, 9.17) is 0 Å². The highest BCUT2D eigenvalue weighted by atomic mass is 15.1. The molecule has 0 heterocycles. The van der Waals surface area contributed by atoms with Crippen molar-refractivity contribution < 1.29 is 0 Å². The Labute approximate surface area is 481 Å². The van der Waals surface area contributed by atoms with Crippen molar-refractivity contribution in [1.82, 2.24) is 0 Å². The van der Waals surface area contributed by atoms with Crippen LogP contribution >= 0.6 is 0 Å². The van der Waals surface area contributed by atoms with E-state index >= 15 is 0 Å². The van der Waals surface area contributed by atoms with Gasteiger partial charge in [0, 0.05) is 39.5 Å². The predicted octanol–water partition coefficient (Wildman–Crippen LogP) is 21.4. The molecule has 2 heteroatoms. The molecular weight excluding hydrogens is 989 g/mol. The summed E-state index contributed by atoms with van der Waals surface area (Å²) in [5.74, 6) is 0. The van der Waals surface area contributed by atoms with Gasteiger partial charge in [0.1, 0.15) is 0 Å². The SMILES string of the molecule is CC1(C)c2cc(N(c3ccc(-c4ccc(N(c5ccc(-c6ccccc6)cc5)c5ccc(-c6ccccc6)cc5)cc4)cc3)c3ccc4c(c3)C(c3ccccc3)(c3ccccc3)c3ccccc3-4)ccc2-c2cc3ccccc3cc21. The number of anilines is 6. The maximum absolute atomic E-state index is 2.48. The normalized spacial score (nSPS) is 13.2. The summed E-state index contributed by atoms with van der Waals surface area (Å²) in [6, 6.07) is 116. The Hall–Kier alpha value is -10.3. The van der Waals surface area contributed by atoms with Crippen LogP contribution in [0.15, 0.2) is 315 Å². The Morgan fingerprint density at radius 2 is 0.537 bits per heavy atom. The number of benzene rings is 13. The number of rotatable bonds is 11. The lowest BCUT2D eigenvalue weighted by molar-refractivity contribution is 0.661. The standard InChI is InChI=1S/C80H58N2/c1-79(2)76-52-62-24-16-15-23-61(62)51-74(76)73-50-48-69(53-77(73)79)82(70-47-49-72-71-29-17-18-30-75(71)80(78(72)54-70,63-25-11-5-12-26-63)64-27-13-6-14-28-64)68-45-37-60(38-46-68)59-35-43-67(44-36-59)81(65-39-31-57(32-40-65)55-19-7-3-8-20-55)66-41-33-58(34-42-66)56-21-9-4-10-22-56/h3-54H,1-2H3. The molecule has 0 aromatic heterocycles. The summed E-state index contributed by atoms with van der Waals surface area (Å²) >= 11 is 0. The topological polar surface area (TPSA) is 6.48 Å². The quantitative estimate of drug-likeness (QED) is 0.127. The van der Waals surface area contributed by atoms with E-state index in [9.17, 15) is 0 Å². The van der Waals surface area contributed by atoms with E-state index in [2.05, 4.69) is 339 Å². The van der Waals surface area contributed by atoms with Crippen LogP contribution < -0.4 is 9.80 Å². The maximum Gasteiger partial charge on any atom is 0.0714 e. The molecule has 82 heavy (non-hydrogen) atoms. The summed E-state index contributed by atoms with van der Waals surface area (Å²) in [6.45, 7) is 4.79. The monoisotopic (exact) mass is 1050 g/mol. The van der Waals surface area contributed by atoms with Gasteiger partial charge in [-0.15, -0.1) is 0 Å². The number of hydrogen-bond acceptors (Lipinski definition) is 2. The first-order valence-electron chi connectivity index (χ1n) is 28.6. The third-order valence-electron chi connectivity index (χ3n) is 17.5. The molecule has 0 saturated heterocycles. The minimum absolute atomic E-state index is 0.214. The van der Waals surface area contributed by atoms with Crippen LogP contribution in [0.5, 0.6) is 0 Å². The Balaban J connectivity index is 0.838. The van der Waals surface area contributed by atoms with Gasteiger partial charge in [0.05, 0.1) is 5.41 Å². The average molecular weight is 1050 g/mol. The Bertz CT molecular complexity index is 4350. The lowest BCUT2D eigenvalue weighted by Crippen LogP contribution is -2.28. The first-order valence-corrected chi connectivity index (χ1v) is 28.6. The summed E-state index contributed by atoms with van der Waals surface area (Å²) in [4.78, 5) is 4.84. The summed E-state index contributed by atoms with van der Waals surface area (Å²) < 4.78 is 0. The van der Waals surface area contributed by atoms with Gasteiger partial charge >= 0.3 is 0 Å². The fourth-order valence-corrected chi connectivity index (χ4v) is 13.5. The summed E-state index contributed by atoms with van der Waals surface area (Å²) in [6.07, 6.45) is 0. The van der Waals surface area contributed by atoms with Gasteiger partial charge in [-0.1, -0.05) is 244 Å². The fraction of sp³-hybridized carbons (Fsp3) is 0.0500. The molecule has 0 unspecified atom stereocenters. The number of nitrogens with zero attached hydrogens (tertiary/aromatic N) is 2. The Kier molecular flexibility index (Phi) is 11.8. The maximum atomic E-state index is 2.48. The van der Waals surface area contributed by atoms with Gasteiger partial charge in [-0.3, -0.25) is 0 Å². The second-order valence-electron chi connectivity index (χ2n) is 22.4. The first-order chi connectivity index (χ1) is 40.4. The van der Waals surface area contributed by atoms with Crippen LogP contribution in [-0.4, -0.2) is 0 Å². The Morgan fingerprint density at radius 3 is 1.00 bits per heavy atom. The molecule has 15 rings (SSSR count). The van der Waals surface area contributed by atoms with Crippen LogP contribution in [0, 0.1) is 0 Å². The lowest BCUT2D eigenvalue weighted by Gasteiger charge is -2.35. The van der Waals surface area contributed by atoms with Crippen molar-refractivity contribution in [3.63, 3.8) is 0 Å². The van der Waals surface area contributed by atoms with Crippen molar-refractivity contribution in [3.8, 4) is 55.6 Å². The van der Waals surface area contributed by atoms with Gasteiger partial charge in [0.15, 0.2) is 0 Å². The molecule has 13 aromatic carbocycles. The summed E-state index contributed by atoms with van der Waals surface area (Å²) in [5, 5.41) is 2.54. The summed E-state index contributed by atoms with van der Waals surface area (Å²) in [7, 11) is 0. The average Bonchev–Trinajstić information content (AvgIpc) is 4.12. The third-order valence-corrected chi connectivity index (χ3v) is 17.5. The van der Waals surface area contributed by atoms with Crippen LogP contribution in [0.3, 0.4) is 0 Å². The van der Waals surface area contributed by atoms with E-state index in [1.54, 1.807) is 0 Å². The van der Waals surface area contributed by atoms with Gasteiger partial charge in [0.25, 0.3) is 0 Å². The third kappa shape index (κ3) is 8.09. The van der Waals surface area contributed by atoms with E-state index < -0.39 is 5.41 Å². The highest BCUT2D eigenvalue weighted by Gasteiger charge is 2.46. The van der Waals surface area contributed by atoms with Crippen molar-refractivity contribution >= 4 is 44.9 Å². The van der Waals surface area contributed by atoms with E-state index in [0.717, 1.165) is 45.3 Å². The number of fused-ring (bicyclic) bond motifs is 7. The molecule has 0 spiro atoms. The van der Waals surface area contributed by atoms with Crippen LogP contribution in [-0.2, 0) is 10.8 Å². The zero-order valence-electron chi connectivity index (χ0n) is 45.9. The molecular formula is C80H58N2. The molecule has 2 aliphatic carbocycles. The van der Waals surface area contributed by atoms with Crippen molar-refractivity contribution in [2.75, 3.05) is 9.80 Å². The van der Waals surface area contributed by atoms with Gasteiger partial charge < -0.3 is 9.80 Å². The van der Waals surface area contributed by atoms with E-state index in [1.165, 1.54) is 88.7 Å². The van der Waals surface area contributed by atoms with Gasteiger partial charge in [0.2, 0.25) is 0 Å². The van der Waals surface area contributed by atoms with Crippen LogP contribution in [0.25, 0.3) is 66.4 Å². The van der Waals surface area contributed by atoms with Gasteiger partial charge in [-0.05, 0) is 185 Å². The molecule has 0 fully saturated rings. The predicted molar refractivity (Wildman–Crippen MR) is 344 cm³/mol. The molecule has 0 bridgehead atoms. The van der Waals surface area contributed by atoms with Gasteiger partial charge in [-0.2, -0.15) is 0 Å². The molecule has 0 saturated carbocycles. The minimum Gasteiger partial charge on any atom is -0.311 e. The zero-order valence-corrected chi connectivity index (χ0v) is 45.9. The van der Waals surface area contributed by atoms with Crippen molar-refractivity contribution in [2.24, 2.45) is 0 Å². The Morgan fingerprint density at radius 1 is 0.220 bits per heavy atom. The molecule has 0 N–H and O–H groups in total. The molecule has 0 radical (unpaired) electrons. The highest BCUT2D eigenvalue weighted by Crippen LogP contribution is 2.58. The summed E-state index contributed by atoms with van der Waals surface area (Å²) in [5.41, 5.74) is 25.9. The lowest BCUT2D eigenvalue weighted by atomic mass is 9.67. The van der Waals surface area contributed by atoms with Crippen molar-refractivity contribution in [3.05, 3.63) is 349 Å². The largest absolute Gasteiger partial charge is 0.311 e. The van der Waals surface area contributed by atoms with Crippen LogP contribution in [0.4, 0.5) is 34.1 Å². The van der Waals surface area contributed by atoms with E-state index in [1.807, 2.05) is 0 Å². The second kappa shape index (κ2) is 19.8. The molecule has 388 valence electrons. The van der Waals surface area contributed by atoms with E-state index in [-0.39, 0.29) is 5.41 Å². The molecule has 0 aliphatic heterocycles. The van der Waals surface area contributed by atoms with Crippen LogP contribution in [0.2, 0.25) is 0 Å². The van der Waals surface area contributed by atoms with Gasteiger partial charge in [-0.25, -0.2) is 0 Å². The second-order valence-corrected chi connectivity index (χ2v) is 22.4. The zero-order chi connectivity index (χ0) is 54.8. The first kappa shape index (κ1) is 48.8. The van der Waals surface area contributed by atoms with Crippen molar-refractivity contribution in [2.45, 2.75) is 24.7 Å². The minimum atomic E-state index is -0.539. The van der Waals surface area contributed by atoms with Crippen LogP contribution in [0.1, 0.15) is 47.2 Å². The molecule has 0 atom stereocenters. The smallest absolute Gasteiger partial charge is 0.0714 e. The van der Waals surface area contributed by atoms with Crippen molar-refractivity contribution in [1.29, 1.82) is 0 Å². The molecule has 0 amide bonds. The number of hydrogen-bond donors (Lipinski definition) is 0. The van der Waals surface area contributed by atoms with E-state index in [0.29, 0.717) is 0 Å². The molecule has 2 nitrogen and oxygen atoms in total.